The zero-order valence-corrected chi connectivity index (χ0v) is 14.0. The number of hydrogen-bond donors (Lipinski definition) is 2. The monoisotopic (exact) mass is 313 g/mol. The van der Waals surface area contributed by atoms with Gasteiger partial charge in [-0.15, -0.1) is 11.3 Å². The zero-order valence-electron chi connectivity index (χ0n) is 12.4. The summed E-state index contributed by atoms with van der Waals surface area (Å²) in [5.41, 5.74) is -1.45. The molecule has 6 heteroatoms. The standard InChI is InChI=1S/C14H20ClN3OS/c1-6-8-7-9-10(16-12(15)17-11(9)20-8)18-13(2,3)14(4,5)19/h7,19H,6H2,1-5H3,(H,16,17,18). The number of hydrogen-bond acceptors (Lipinski definition) is 5. The van der Waals surface area contributed by atoms with Gasteiger partial charge in [0.1, 0.15) is 10.6 Å². The molecule has 0 fully saturated rings. The molecule has 110 valence electrons. The Kier molecular flexibility index (Phi) is 3.97. The fourth-order valence-electron chi connectivity index (χ4n) is 1.66. The van der Waals surface area contributed by atoms with Crippen molar-refractivity contribution in [1.29, 1.82) is 0 Å². The topological polar surface area (TPSA) is 58.0 Å². The summed E-state index contributed by atoms with van der Waals surface area (Å²) in [6.07, 6.45) is 0.951. The number of thiophene rings is 1. The predicted molar refractivity (Wildman–Crippen MR) is 85.8 cm³/mol. The highest BCUT2D eigenvalue weighted by atomic mass is 35.5. The van der Waals surface area contributed by atoms with Crippen molar-refractivity contribution in [2.45, 2.75) is 52.2 Å². The van der Waals surface area contributed by atoms with Gasteiger partial charge in [0, 0.05) is 4.88 Å². The van der Waals surface area contributed by atoms with Crippen molar-refractivity contribution in [3.8, 4) is 0 Å². The summed E-state index contributed by atoms with van der Waals surface area (Å²) in [4.78, 5) is 10.7. The van der Waals surface area contributed by atoms with Crippen LogP contribution in [0.2, 0.25) is 5.28 Å². The molecule has 0 atom stereocenters. The van der Waals surface area contributed by atoms with E-state index in [4.69, 9.17) is 11.6 Å². The van der Waals surface area contributed by atoms with Crippen LogP contribution in [0.25, 0.3) is 10.2 Å². The summed E-state index contributed by atoms with van der Waals surface area (Å²) in [6, 6.07) is 2.08. The molecular formula is C14H20ClN3OS. The van der Waals surface area contributed by atoms with Gasteiger partial charge in [0.15, 0.2) is 0 Å². The summed E-state index contributed by atoms with van der Waals surface area (Å²) in [5.74, 6) is 0.670. The molecule has 2 N–H and O–H groups in total. The predicted octanol–water partition coefficient (Wildman–Crippen LogP) is 3.87. The summed E-state index contributed by atoms with van der Waals surface area (Å²) in [5, 5.41) is 14.7. The Morgan fingerprint density at radius 1 is 1.30 bits per heavy atom. The van der Waals surface area contributed by atoms with E-state index < -0.39 is 11.1 Å². The highest BCUT2D eigenvalue weighted by Crippen LogP contribution is 2.33. The minimum absolute atomic E-state index is 0.219. The normalized spacial score (nSPS) is 12.9. The maximum absolute atomic E-state index is 10.3. The van der Waals surface area contributed by atoms with Crippen LogP contribution >= 0.6 is 22.9 Å². The lowest BCUT2D eigenvalue weighted by Crippen LogP contribution is -2.51. The molecule has 0 bridgehead atoms. The molecule has 2 heterocycles. The van der Waals surface area contributed by atoms with Crippen LogP contribution in [-0.4, -0.2) is 26.2 Å². The van der Waals surface area contributed by atoms with Crippen LogP contribution in [0.1, 0.15) is 39.5 Å². The number of nitrogens with one attached hydrogen (secondary N) is 1. The summed E-state index contributed by atoms with van der Waals surface area (Å²) in [7, 11) is 0. The first-order chi connectivity index (χ1) is 9.14. The number of aliphatic hydroxyl groups is 1. The number of halogens is 1. The molecule has 20 heavy (non-hydrogen) atoms. The molecule has 2 aromatic heterocycles. The molecular weight excluding hydrogens is 294 g/mol. The van der Waals surface area contributed by atoms with Crippen molar-refractivity contribution in [3.63, 3.8) is 0 Å². The van der Waals surface area contributed by atoms with Gasteiger partial charge in [0.05, 0.1) is 16.5 Å². The maximum atomic E-state index is 10.3. The van der Waals surface area contributed by atoms with E-state index in [0.717, 1.165) is 16.6 Å². The fraction of sp³-hybridized carbons (Fsp3) is 0.571. The van der Waals surface area contributed by atoms with E-state index in [1.54, 1.807) is 25.2 Å². The smallest absolute Gasteiger partial charge is 0.225 e. The highest BCUT2D eigenvalue weighted by Gasteiger charge is 2.35. The van der Waals surface area contributed by atoms with Gasteiger partial charge >= 0.3 is 0 Å². The molecule has 0 saturated heterocycles. The average Bonchev–Trinajstić information content (AvgIpc) is 2.69. The summed E-state index contributed by atoms with van der Waals surface area (Å²) < 4.78 is 0. The number of aromatic nitrogens is 2. The van der Waals surface area contributed by atoms with Gasteiger partial charge in [-0.05, 0) is 51.8 Å². The Balaban J connectivity index is 2.51. The molecule has 0 unspecified atom stereocenters. The third kappa shape index (κ3) is 2.90. The molecule has 0 aliphatic carbocycles. The minimum atomic E-state index is -0.902. The number of fused-ring (bicyclic) bond motifs is 1. The van der Waals surface area contributed by atoms with Crippen LogP contribution in [-0.2, 0) is 6.42 Å². The first kappa shape index (κ1) is 15.5. The Morgan fingerprint density at radius 3 is 2.50 bits per heavy atom. The molecule has 0 aliphatic heterocycles. The van der Waals surface area contributed by atoms with Gasteiger partial charge in [-0.25, -0.2) is 9.97 Å². The second kappa shape index (κ2) is 5.13. The van der Waals surface area contributed by atoms with Crippen molar-refractivity contribution in [2.24, 2.45) is 0 Å². The molecule has 2 rings (SSSR count). The Bertz CT molecular complexity index is 631. The van der Waals surface area contributed by atoms with Crippen LogP contribution in [0.4, 0.5) is 5.82 Å². The van der Waals surface area contributed by atoms with Crippen molar-refractivity contribution < 1.29 is 5.11 Å². The molecule has 0 spiro atoms. The number of aryl methyl sites for hydroxylation is 1. The van der Waals surface area contributed by atoms with Crippen LogP contribution in [0.3, 0.4) is 0 Å². The molecule has 0 aromatic carbocycles. The van der Waals surface area contributed by atoms with Gasteiger partial charge in [0.2, 0.25) is 5.28 Å². The van der Waals surface area contributed by atoms with Crippen molar-refractivity contribution in [2.75, 3.05) is 5.32 Å². The first-order valence-corrected chi connectivity index (χ1v) is 7.80. The van der Waals surface area contributed by atoms with Gasteiger partial charge < -0.3 is 10.4 Å². The maximum Gasteiger partial charge on any atom is 0.225 e. The van der Waals surface area contributed by atoms with Gasteiger partial charge in [0.25, 0.3) is 0 Å². The summed E-state index contributed by atoms with van der Waals surface area (Å²) >= 11 is 7.62. The van der Waals surface area contributed by atoms with Crippen LogP contribution < -0.4 is 5.32 Å². The first-order valence-electron chi connectivity index (χ1n) is 6.60. The second-order valence-corrected chi connectivity index (χ2v) is 7.39. The fourth-order valence-corrected chi connectivity index (χ4v) is 2.85. The lowest BCUT2D eigenvalue weighted by molar-refractivity contribution is 0.0239. The molecule has 2 aromatic rings. The minimum Gasteiger partial charge on any atom is -0.388 e. The molecule has 0 amide bonds. The van der Waals surface area contributed by atoms with Gasteiger partial charge in [-0.1, -0.05) is 6.92 Å². The van der Waals surface area contributed by atoms with Crippen molar-refractivity contribution in [3.05, 3.63) is 16.2 Å². The largest absolute Gasteiger partial charge is 0.388 e. The van der Waals surface area contributed by atoms with Gasteiger partial charge in [-0.2, -0.15) is 0 Å². The third-order valence-corrected chi connectivity index (χ3v) is 5.07. The average molecular weight is 314 g/mol. The lowest BCUT2D eigenvalue weighted by atomic mass is 9.86. The van der Waals surface area contributed by atoms with Crippen LogP contribution in [0, 0.1) is 0 Å². The third-order valence-electron chi connectivity index (χ3n) is 3.73. The molecule has 0 aliphatic rings. The van der Waals surface area contributed by atoms with Crippen LogP contribution in [0.15, 0.2) is 6.07 Å². The molecule has 0 radical (unpaired) electrons. The second-order valence-electron chi connectivity index (χ2n) is 5.94. The van der Waals surface area contributed by atoms with E-state index in [1.165, 1.54) is 4.88 Å². The Labute approximate surface area is 128 Å². The van der Waals surface area contributed by atoms with Crippen molar-refractivity contribution >= 4 is 39.0 Å². The quantitative estimate of drug-likeness (QED) is 0.841. The number of rotatable bonds is 4. The van der Waals surface area contributed by atoms with Crippen LogP contribution in [0.5, 0.6) is 0 Å². The van der Waals surface area contributed by atoms with E-state index in [2.05, 4.69) is 28.3 Å². The zero-order chi connectivity index (χ0) is 15.1. The highest BCUT2D eigenvalue weighted by molar-refractivity contribution is 7.18. The van der Waals surface area contributed by atoms with Gasteiger partial charge in [-0.3, -0.25) is 0 Å². The van der Waals surface area contributed by atoms with E-state index in [0.29, 0.717) is 5.82 Å². The molecule has 0 saturated carbocycles. The Morgan fingerprint density at radius 2 is 1.95 bits per heavy atom. The lowest BCUT2D eigenvalue weighted by Gasteiger charge is -2.38. The molecule has 4 nitrogen and oxygen atoms in total. The van der Waals surface area contributed by atoms with E-state index in [9.17, 15) is 5.11 Å². The van der Waals surface area contributed by atoms with E-state index >= 15 is 0 Å². The Hall–Kier alpha value is -0.910. The SMILES string of the molecule is CCc1cc2c(NC(C)(C)C(C)(C)O)nc(Cl)nc2s1. The van der Waals surface area contributed by atoms with Crippen molar-refractivity contribution in [1.82, 2.24) is 9.97 Å². The van der Waals surface area contributed by atoms with E-state index in [-0.39, 0.29) is 5.28 Å². The number of nitrogens with zero attached hydrogens (tertiary/aromatic N) is 2. The summed E-state index contributed by atoms with van der Waals surface area (Å²) in [6.45, 7) is 9.51. The number of anilines is 1. The van der Waals surface area contributed by atoms with E-state index in [1.807, 2.05) is 13.8 Å².